The third-order valence-electron chi connectivity index (χ3n) is 8.71. The van der Waals surface area contributed by atoms with Gasteiger partial charge < -0.3 is 4.90 Å². The van der Waals surface area contributed by atoms with Gasteiger partial charge in [-0.05, 0) is 48.4 Å². The van der Waals surface area contributed by atoms with Crippen molar-refractivity contribution < 1.29 is 9.18 Å². The van der Waals surface area contributed by atoms with E-state index in [1.165, 1.54) is 23.9 Å². The number of hydrogen-bond acceptors (Lipinski definition) is 7. The van der Waals surface area contributed by atoms with E-state index in [1.807, 2.05) is 131 Å². The summed E-state index contributed by atoms with van der Waals surface area (Å²) in [4.78, 5) is 19.7. The summed E-state index contributed by atoms with van der Waals surface area (Å²) in [5.74, 6) is -0.848. The number of rotatable bonds is 7. The van der Waals surface area contributed by atoms with Gasteiger partial charge in [0.05, 0.1) is 16.3 Å². The molecule has 1 atom stereocenters. The lowest BCUT2D eigenvalue weighted by atomic mass is 9.95. The Hall–Kier alpha value is -5.67. The molecule has 5 aromatic carbocycles. The van der Waals surface area contributed by atoms with Crippen molar-refractivity contribution in [2.45, 2.75) is 12.2 Å². The number of nitrogens with zero attached hydrogens (tertiary/aromatic N) is 5. The number of nitrogens with one attached hydrogen (secondary N) is 1. The minimum atomic E-state index is -1.14. The van der Waals surface area contributed by atoms with Crippen molar-refractivity contribution in [1.82, 2.24) is 9.80 Å². The maximum atomic E-state index is 15.0. The van der Waals surface area contributed by atoms with Crippen LogP contribution in [0, 0.1) is 5.82 Å². The van der Waals surface area contributed by atoms with E-state index in [1.54, 1.807) is 12.1 Å². The summed E-state index contributed by atoms with van der Waals surface area (Å²) in [5.41, 5.74) is 8.12. The van der Waals surface area contributed by atoms with Crippen LogP contribution < -0.4 is 10.4 Å². The van der Waals surface area contributed by atoms with Crippen LogP contribution in [0.25, 0.3) is 5.57 Å². The fourth-order valence-electron chi connectivity index (χ4n) is 6.64. The fraction of sp³-hybridized carbons (Fsp3) is 0.103. The largest absolute Gasteiger partial charge is 0.309 e. The SMILES string of the molecule is O=C1C(S/C(=N/Nc2ccccc2)c2ccccc2)=C(c2ccc(F)cc2)C23N1CCCN2C(c1ccccc1)=NN3c1ccccc1. The van der Waals surface area contributed by atoms with Gasteiger partial charge in [0, 0.05) is 29.8 Å². The van der Waals surface area contributed by atoms with Crippen molar-refractivity contribution in [3.8, 4) is 0 Å². The molecule has 0 aromatic heterocycles. The molecule has 1 N–H and O–H groups in total. The summed E-state index contributed by atoms with van der Waals surface area (Å²) in [6.07, 6.45) is 0.756. The van der Waals surface area contributed by atoms with E-state index in [-0.39, 0.29) is 11.7 Å². The number of hydrogen-bond donors (Lipinski definition) is 1. The van der Waals surface area contributed by atoms with Crippen molar-refractivity contribution in [2.24, 2.45) is 10.2 Å². The fourth-order valence-corrected chi connectivity index (χ4v) is 7.73. The topological polar surface area (TPSA) is 63.5 Å². The lowest BCUT2D eigenvalue weighted by molar-refractivity contribution is -0.134. The molecule has 0 saturated carbocycles. The number of amidine groups is 1. The van der Waals surface area contributed by atoms with E-state index in [4.69, 9.17) is 10.2 Å². The highest BCUT2D eigenvalue weighted by atomic mass is 32.2. The standard InChI is InChI=1S/C39H31FN6OS/c40-31-24-22-28(23-25-31)34-35(48-37(30-16-7-2-8-17-30)42-41-32-18-9-3-10-19-32)38(47)45-27-13-26-44-36(29-14-5-1-6-15-29)43-46(39(34,44)45)33-20-11-4-12-21-33/h1-12,14-25,41H,13,26-27H2/b42-37+. The lowest BCUT2D eigenvalue weighted by Crippen LogP contribution is -2.68. The first-order chi connectivity index (χ1) is 23.6. The molecule has 9 heteroatoms. The molecule has 0 aliphatic carbocycles. The predicted molar refractivity (Wildman–Crippen MR) is 192 cm³/mol. The number of anilines is 2. The first-order valence-electron chi connectivity index (χ1n) is 15.9. The molecule has 1 fully saturated rings. The molecule has 0 radical (unpaired) electrons. The molecular formula is C39H31FN6OS. The highest BCUT2D eigenvalue weighted by Gasteiger charge is 2.65. The first kappa shape index (κ1) is 29.7. The van der Waals surface area contributed by atoms with E-state index >= 15 is 0 Å². The van der Waals surface area contributed by atoms with Crippen LogP contribution in [0.15, 0.2) is 161 Å². The van der Waals surface area contributed by atoms with E-state index in [9.17, 15) is 9.18 Å². The van der Waals surface area contributed by atoms with Gasteiger partial charge in [0.15, 0.2) is 5.84 Å². The molecule has 3 aliphatic rings. The molecule has 48 heavy (non-hydrogen) atoms. The average molecular weight is 651 g/mol. The number of carbonyl (C=O) groups is 1. The van der Waals surface area contributed by atoms with Crippen LogP contribution in [-0.2, 0) is 4.79 Å². The summed E-state index contributed by atoms with van der Waals surface area (Å²) < 4.78 is 14.5. The molecule has 236 valence electrons. The van der Waals surface area contributed by atoms with Crippen LogP contribution in [0.4, 0.5) is 15.8 Å². The maximum absolute atomic E-state index is 15.0. The Kier molecular flexibility index (Phi) is 7.74. The van der Waals surface area contributed by atoms with Gasteiger partial charge in [-0.25, -0.2) is 9.40 Å². The number of thioether (sulfide) groups is 1. The van der Waals surface area contributed by atoms with E-state index in [0.29, 0.717) is 23.0 Å². The van der Waals surface area contributed by atoms with Gasteiger partial charge in [-0.1, -0.05) is 121 Å². The van der Waals surface area contributed by atoms with Crippen molar-refractivity contribution in [2.75, 3.05) is 23.5 Å². The van der Waals surface area contributed by atoms with Gasteiger partial charge in [-0.2, -0.15) is 5.10 Å². The van der Waals surface area contributed by atoms with E-state index < -0.39 is 5.79 Å². The summed E-state index contributed by atoms with van der Waals surface area (Å²) >= 11 is 1.32. The Morgan fingerprint density at radius 1 is 0.729 bits per heavy atom. The molecule has 1 unspecified atom stereocenters. The van der Waals surface area contributed by atoms with Crippen LogP contribution >= 0.6 is 11.8 Å². The Morgan fingerprint density at radius 3 is 2.02 bits per heavy atom. The van der Waals surface area contributed by atoms with E-state index in [0.717, 1.165) is 45.9 Å². The van der Waals surface area contributed by atoms with Gasteiger partial charge >= 0.3 is 0 Å². The van der Waals surface area contributed by atoms with Crippen LogP contribution in [0.5, 0.6) is 0 Å². The number of benzene rings is 5. The lowest BCUT2D eigenvalue weighted by Gasteiger charge is -2.51. The molecule has 3 heterocycles. The van der Waals surface area contributed by atoms with Gasteiger partial charge in [0.2, 0.25) is 5.79 Å². The smallest absolute Gasteiger partial charge is 0.264 e. The van der Waals surface area contributed by atoms with Gasteiger partial charge in [0.25, 0.3) is 5.91 Å². The Morgan fingerprint density at radius 2 is 1.33 bits per heavy atom. The summed E-state index contributed by atoms with van der Waals surface area (Å²) in [5, 5.41) is 12.8. The van der Waals surface area contributed by atoms with Crippen LogP contribution in [0.2, 0.25) is 0 Å². The molecular weight excluding hydrogens is 620 g/mol. The van der Waals surface area contributed by atoms with Gasteiger partial charge in [0.1, 0.15) is 10.9 Å². The second-order valence-electron chi connectivity index (χ2n) is 11.6. The highest BCUT2D eigenvalue weighted by Crippen LogP contribution is 2.55. The number of hydrazone groups is 2. The average Bonchev–Trinajstić information content (AvgIpc) is 3.62. The molecule has 1 saturated heterocycles. The second kappa shape index (κ2) is 12.5. The molecule has 0 bridgehead atoms. The molecule has 8 rings (SSSR count). The normalized spacial score (nSPS) is 18.9. The first-order valence-corrected chi connectivity index (χ1v) is 16.7. The van der Waals surface area contributed by atoms with Crippen LogP contribution in [0.3, 0.4) is 0 Å². The number of amides is 1. The minimum absolute atomic E-state index is 0.127. The van der Waals surface area contributed by atoms with Gasteiger partial charge in [-0.15, -0.1) is 5.10 Å². The maximum Gasteiger partial charge on any atom is 0.264 e. The molecule has 3 aliphatic heterocycles. The molecule has 1 amide bonds. The summed E-state index contributed by atoms with van der Waals surface area (Å²) in [6, 6.07) is 46.0. The van der Waals surface area contributed by atoms with Crippen molar-refractivity contribution >= 4 is 45.5 Å². The third kappa shape index (κ3) is 5.03. The minimum Gasteiger partial charge on any atom is -0.309 e. The number of carbonyl (C=O) groups excluding carboxylic acids is 1. The third-order valence-corrected chi connectivity index (χ3v) is 9.81. The van der Waals surface area contributed by atoms with Crippen molar-refractivity contribution in [1.29, 1.82) is 0 Å². The molecule has 5 aromatic rings. The molecule has 7 nitrogen and oxygen atoms in total. The monoisotopic (exact) mass is 650 g/mol. The quantitative estimate of drug-likeness (QED) is 0.111. The second-order valence-corrected chi connectivity index (χ2v) is 12.6. The Balaban J connectivity index is 1.36. The number of halogens is 1. The highest BCUT2D eigenvalue weighted by molar-refractivity contribution is 8.18. The summed E-state index contributed by atoms with van der Waals surface area (Å²) in [6.45, 7) is 1.18. The predicted octanol–water partition coefficient (Wildman–Crippen LogP) is 7.83. The summed E-state index contributed by atoms with van der Waals surface area (Å²) in [7, 11) is 0. The van der Waals surface area contributed by atoms with Crippen molar-refractivity contribution in [3.05, 3.63) is 173 Å². The van der Waals surface area contributed by atoms with Gasteiger partial charge in [-0.3, -0.25) is 15.1 Å². The Bertz CT molecular complexity index is 2040. The number of para-hydroxylation sites is 2. The zero-order chi connectivity index (χ0) is 32.5. The zero-order valence-electron chi connectivity index (χ0n) is 25.9. The Labute approximate surface area is 282 Å². The van der Waals surface area contributed by atoms with E-state index in [2.05, 4.69) is 10.3 Å². The zero-order valence-corrected chi connectivity index (χ0v) is 26.7. The molecule has 1 spiro atoms. The van der Waals surface area contributed by atoms with Crippen LogP contribution in [0.1, 0.15) is 23.1 Å². The van der Waals surface area contributed by atoms with Crippen molar-refractivity contribution in [3.63, 3.8) is 0 Å². The van der Waals surface area contributed by atoms with Crippen LogP contribution in [-0.4, -0.2) is 45.5 Å².